The summed E-state index contributed by atoms with van der Waals surface area (Å²) in [5.41, 5.74) is 7.99. The second kappa shape index (κ2) is 8.98. The summed E-state index contributed by atoms with van der Waals surface area (Å²) in [5, 5.41) is 11.0. The van der Waals surface area contributed by atoms with Crippen LogP contribution in [0.2, 0.25) is 0 Å². The average molecular weight is 470 g/mol. The lowest BCUT2D eigenvalue weighted by atomic mass is 10.0. The number of aliphatic hydroxyl groups excluding tert-OH is 1. The average Bonchev–Trinajstić information content (AvgIpc) is 3.20. The molecule has 0 aliphatic heterocycles. The van der Waals surface area contributed by atoms with Crippen molar-refractivity contribution in [3.63, 3.8) is 0 Å². The molecule has 34 heavy (non-hydrogen) atoms. The van der Waals surface area contributed by atoms with Gasteiger partial charge in [0.05, 0.1) is 17.1 Å². The van der Waals surface area contributed by atoms with E-state index in [4.69, 9.17) is 10.5 Å². The van der Waals surface area contributed by atoms with Crippen molar-refractivity contribution in [1.29, 1.82) is 0 Å². The van der Waals surface area contributed by atoms with Crippen LogP contribution in [0.5, 0.6) is 11.5 Å². The SMILES string of the molecule is CCC(O)c1ccc(C(F)(F)F)cc1Oc1ccc(-c2cn(C(C)C)c3ncnc(N)c23)cc1. The van der Waals surface area contributed by atoms with E-state index < -0.39 is 17.8 Å². The summed E-state index contributed by atoms with van der Waals surface area (Å²) in [7, 11) is 0. The number of nitrogen functional groups attached to an aromatic ring is 1. The predicted octanol–water partition coefficient (Wildman–Crippen LogP) is 6.52. The smallest absolute Gasteiger partial charge is 0.416 e. The first-order chi connectivity index (χ1) is 16.1. The first kappa shape index (κ1) is 23.6. The first-order valence-corrected chi connectivity index (χ1v) is 10.9. The van der Waals surface area contributed by atoms with E-state index in [-0.39, 0.29) is 11.8 Å². The molecule has 3 N–H and O–H groups in total. The van der Waals surface area contributed by atoms with Gasteiger partial charge in [-0.3, -0.25) is 0 Å². The second-order valence-electron chi connectivity index (χ2n) is 8.30. The molecule has 0 saturated heterocycles. The summed E-state index contributed by atoms with van der Waals surface area (Å²) in [6, 6.07) is 10.2. The summed E-state index contributed by atoms with van der Waals surface area (Å²) < 4.78 is 47.5. The molecule has 178 valence electrons. The lowest BCUT2D eigenvalue weighted by Gasteiger charge is -2.17. The van der Waals surface area contributed by atoms with Gasteiger partial charge in [-0.25, -0.2) is 9.97 Å². The van der Waals surface area contributed by atoms with Gasteiger partial charge in [0.2, 0.25) is 0 Å². The summed E-state index contributed by atoms with van der Waals surface area (Å²) in [6.45, 7) is 5.82. The molecule has 4 aromatic rings. The van der Waals surface area contributed by atoms with Crippen LogP contribution in [-0.2, 0) is 6.18 Å². The third-order valence-corrected chi connectivity index (χ3v) is 5.67. The first-order valence-electron chi connectivity index (χ1n) is 10.9. The number of hydrogen-bond acceptors (Lipinski definition) is 5. The Hall–Kier alpha value is -3.59. The number of nitrogens with zero attached hydrogens (tertiary/aromatic N) is 3. The van der Waals surface area contributed by atoms with Gasteiger partial charge in [-0.1, -0.05) is 25.1 Å². The number of ether oxygens (including phenoxy) is 1. The van der Waals surface area contributed by atoms with E-state index in [0.717, 1.165) is 34.3 Å². The van der Waals surface area contributed by atoms with Crippen molar-refractivity contribution in [3.8, 4) is 22.6 Å². The molecule has 0 radical (unpaired) electrons. The Balaban J connectivity index is 1.72. The molecule has 0 bridgehead atoms. The van der Waals surface area contributed by atoms with Gasteiger partial charge in [-0.2, -0.15) is 13.2 Å². The molecule has 0 aliphatic carbocycles. The molecule has 2 aromatic carbocycles. The molecule has 6 nitrogen and oxygen atoms in total. The number of hydrogen-bond donors (Lipinski definition) is 2. The maximum absolute atomic E-state index is 13.2. The topological polar surface area (TPSA) is 86.2 Å². The van der Waals surface area contributed by atoms with Crippen LogP contribution < -0.4 is 10.5 Å². The minimum absolute atomic E-state index is 0.0361. The maximum atomic E-state index is 13.2. The van der Waals surface area contributed by atoms with Crippen LogP contribution in [0.1, 0.15) is 50.5 Å². The molecule has 0 fully saturated rings. The summed E-state index contributed by atoms with van der Waals surface area (Å²) in [5.74, 6) is 0.664. The number of benzene rings is 2. The normalized spacial score (nSPS) is 12.9. The number of nitrogens with two attached hydrogens (primary N) is 1. The number of rotatable bonds is 6. The van der Waals surface area contributed by atoms with E-state index in [1.165, 1.54) is 12.4 Å². The van der Waals surface area contributed by atoms with E-state index in [9.17, 15) is 18.3 Å². The summed E-state index contributed by atoms with van der Waals surface area (Å²) >= 11 is 0. The minimum Gasteiger partial charge on any atom is -0.457 e. The Kier molecular flexibility index (Phi) is 6.22. The quantitative estimate of drug-likeness (QED) is 0.335. The monoisotopic (exact) mass is 470 g/mol. The number of halogens is 3. The Morgan fingerprint density at radius 1 is 1.09 bits per heavy atom. The zero-order valence-corrected chi connectivity index (χ0v) is 19.0. The highest BCUT2D eigenvalue weighted by molar-refractivity contribution is 6.00. The van der Waals surface area contributed by atoms with Crippen LogP contribution in [0.3, 0.4) is 0 Å². The van der Waals surface area contributed by atoms with Crippen molar-refractivity contribution in [1.82, 2.24) is 14.5 Å². The summed E-state index contributed by atoms with van der Waals surface area (Å²) in [6.07, 6.45) is -1.75. The van der Waals surface area contributed by atoms with Gasteiger partial charge in [0.1, 0.15) is 29.3 Å². The van der Waals surface area contributed by atoms with Gasteiger partial charge >= 0.3 is 6.18 Å². The number of aliphatic hydroxyl groups is 1. The van der Waals surface area contributed by atoms with Crippen molar-refractivity contribution < 1.29 is 23.0 Å². The van der Waals surface area contributed by atoms with Gasteiger partial charge < -0.3 is 20.1 Å². The Morgan fingerprint density at radius 2 is 1.79 bits per heavy atom. The molecule has 0 aliphatic rings. The van der Waals surface area contributed by atoms with E-state index in [0.29, 0.717) is 23.6 Å². The fourth-order valence-electron chi connectivity index (χ4n) is 3.84. The van der Waals surface area contributed by atoms with Crippen molar-refractivity contribution in [2.24, 2.45) is 0 Å². The van der Waals surface area contributed by atoms with Crippen molar-refractivity contribution >= 4 is 16.9 Å². The Labute approximate surface area is 194 Å². The highest BCUT2D eigenvalue weighted by Gasteiger charge is 2.32. The molecule has 0 saturated carbocycles. The number of aromatic nitrogens is 3. The van der Waals surface area contributed by atoms with Crippen molar-refractivity contribution in [2.75, 3.05) is 5.73 Å². The molecule has 0 amide bonds. The third kappa shape index (κ3) is 4.43. The molecular formula is C25H25F3N4O2. The molecular weight excluding hydrogens is 445 g/mol. The highest BCUT2D eigenvalue weighted by atomic mass is 19.4. The molecule has 1 unspecified atom stereocenters. The lowest BCUT2D eigenvalue weighted by molar-refractivity contribution is -0.137. The number of anilines is 1. The van der Waals surface area contributed by atoms with Crippen molar-refractivity contribution in [3.05, 3.63) is 66.1 Å². The van der Waals surface area contributed by atoms with Crippen LogP contribution in [-0.4, -0.2) is 19.6 Å². The van der Waals surface area contributed by atoms with Gasteiger partial charge in [0.15, 0.2) is 0 Å². The largest absolute Gasteiger partial charge is 0.457 e. The number of fused-ring (bicyclic) bond motifs is 1. The summed E-state index contributed by atoms with van der Waals surface area (Å²) in [4.78, 5) is 8.49. The second-order valence-corrected chi connectivity index (χ2v) is 8.30. The van der Waals surface area contributed by atoms with Crippen LogP contribution in [0.15, 0.2) is 55.0 Å². The van der Waals surface area contributed by atoms with E-state index in [1.54, 1.807) is 31.2 Å². The van der Waals surface area contributed by atoms with Crippen molar-refractivity contribution in [2.45, 2.75) is 45.5 Å². The minimum atomic E-state index is -4.52. The third-order valence-electron chi connectivity index (χ3n) is 5.67. The molecule has 2 heterocycles. The van der Waals surface area contributed by atoms with Crippen LogP contribution in [0, 0.1) is 0 Å². The zero-order valence-electron chi connectivity index (χ0n) is 19.0. The van der Waals surface area contributed by atoms with Gasteiger partial charge in [-0.05, 0) is 50.1 Å². The molecule has 0 spiro atoms. The molecule has 1 atom stereocenters. The lowest BCUT2D eigenvalue weighted by Crippen LogP contribution is -2.07. The highest BCUT2D eigenvalue weighted by Crippen LogP contribution is 2.39. The predicted molar refractivity (Wildman–Crippen MR) is 125 cm³/mol. The van der Waals surface area contributed by atoms with Crippen LogP contribution in [0.4, 0.5) is 19.0 Å². The molecule has 4 rings (SSSR count). The fraction of sp³-hybridized carbons (Fsp3) is 0.280. The Morgan fingerprint density at radius 3 is 2.41 bits per heavy atom. The van der Waals surface area contributed by atoms with E-state index in [2.05, 4.69) is 9.97 Å². The molecule has 9 heteroatoms. The van der Waals surface area contributed by atoms with Gasteiger partial charge in [0.25, 0.3) is 0 Å². The van der Waals surface area contributed by atoms with Crippen LogP contribution >= 0.6 is 0 Å². The number of alkyl halides is 3. The standard InChI is InChI=1S/C25H25F3N4O2/c1-4-20(33)18-10-7-16(25(26,27)28)11-21(18)34-17-8-5-15(6-9-17)19-12-32(14(2)3)24-22(19)23(29)30-13-31-24/h5-14,20,33H,4H2,1-3H3,(H2,29,30,31). The van der Waals surface area contributed by atoms with Gasteiger partial charge in [0, 0.05) is 23.4 Å². The van der Waals surface area contributed by atoms with E-state index >= 15 is 0 Å². The van der Waals surface area contributed by atoms with E-state index in [1.807, 2.05) is 24.6 Å². The molecule has 2 aromatic heterocycles. The Bertz CT molecular complexity index is 1310. The van der Waals surface area contributed by atoms with Gasteiger partial charge in [-0.15, -0.1) is 0 Å². The zero-order chi connectivity index (χ0) is 24.6. The fourth-order valence-corrected chi connectivity index (χ4v) is 3.84. The van der Waals surface area contributed by atoms with Crippen LogP contribution in [0.25, 0.3) is 22.2 Å². The maximum Gasteiger partial charge on any atom is 0.416 e.